The summed E-state index contributed by atoms with van der Waals surface area (Å²) in [4.78, 5) is 0. The van der Waals surface area contributed by atoms with Crippen LogP contribution in [0.1, 0.15) is 11.1 Å². The molecule has 0 bridgehead atoms. The molecule has 0 aliphatic rings. The van der Waals surface area contributed by atoms with E-state index in [1.807, 2.05) is 25.1 Å². The molecule has 0 radical (unpaired) electrons. The van der Waals surface area contributed by atoms with E-state index >= 15 is 0 Å². The first-order valence-electron chi connectivity index (χ1n) is 5.50. The Morgan fingerprint density at radius 1 is 0.944 bits per heavy atom. The minimum absolute atomic E-state index is 0.610. The average Bonchev–Trinajstić information content (AvgIpc) is 2.32. The van der Waals surface area contributed by atoms with Gasteiger partial charge in [0.15, 0.2) is 0 Å². The third kappa shape index (κ3) is 3.32. The van der Waals surface area contributed by atoms with Crippen LogP contribution in [0.2, 0.25) is 15.1 Å². The third-order valence-electron chi connectivity index (χ3n) is 2.61. The second-order valence-corrected chi connectivity index (χ2v) is 5.32. The van der Waals surface area contributed by atoms with E-state index in [0.29, 0.717) is 16.6 Å². The van der Waals surface area contributed by atoms with Gasteiger partial charge in [0.2, 0.25) is 0 Å². The highest BCUT2D eigenvalue weighted by atomic mass is 35.5. The summed E-state index contributed by atoms with van der Waals surface area (Å²) < 4.78 is 0. The second kappa shape index (κ2) is 5.83. The fourth-order valence-electron chi connectivity index (χ4n) is 1.62. The van der Waals surface area contributed by atoms with Gasteiger partial charge in [0.1, 0.15) is 0 Å². The van der Waals surface area contributed by atoms with Gasteiger partial charge in [-0.3, -0.25) is 0 Å². The molecule has 0 unspecified atom stereocenters. The molecule has 2 rings (SSSR count). The van der Waals surface area contributed by atoms with Crippen molar-refractivity contribution in [3.8, 4) is 0 Å². The highest BCUT2D eigenvalue weighted by molar-refractivity contribution is 6.35. The minimum atomic E-state index is 0.610. The first kappa shape index (κ1) is 13.5. The van der Waals surface area contributed by atoms with Gasteiger partial charge in [-0.2, -0.15) is 0 Å². The molecule has 2 aromatic rings. The van der Waals surface area contributed by atoms with E-state index in [4.69, 9.17) is 34.8 Å². The molecule has 1 N–H and O–H groups in total. The Balaban J connectivity index is 2.13. The number of nitrogens with one attached hydrogen (secondary N) is 1. The zero-order valence-electron chi connectivity index (χ0n) is 9.81. The van der Waals surface area contributed by atoms with Crippen molar-refractivity contribution in [3.63, 3.8) is 0 Å². The highest BCUT2D eigenvalue weighted by Gasteiger charge is 2.03. The van der Waals surface area contributed by atoms with Gasteiger partial charge in [0.25, 0.3) is 0 Å². The molecular formula is C14H12Cl3N. The normalized spacial score (nSPS) is 10.4. The van der Waals surface area contributed by atoms with Crippen molar-refractivity contribution in [3.05, 3.63) is 62.6 Å². The van der Waals surface area contributed by atoms with Gasteiger partial charge in [0, 0.05) is 16.6 Å². The zero-order chi connectivity index (χ0) is 13.1. The van der Waals surface area contributed by atoms with Crippen molar-refractivity contribution in [2.45, 2.75) is 13.5 Å². The summed E-state index contributed by atoms with van der Waals surface area (Å²) in [6, 6.07) is 11.3. The molecule has 18 heavy (non-hydrogen) atoms. The monoisotopic (exact) mass is 299 g/mol. The van der Waals surface area contributed by atoms with Crippen molar-refractivity contribution in [1.82, 2.24) is 0 Å². The Kier molecular flexibility index (Phi) is 4.39. The smallest absolute Gasteiger partial charge is 0.0638 e. The number of rotatable bonds is 3. The maximum Gasteiger partial charge on any atom is 0.0638 e. The topological polar surface area (TPSA) is 12.0 Å². The van der Waals surface area contributed by atoms with Gasteiger partial charge in [-0.05, 0) is 42.3 Å². The van der Waals surface area contributed by atoms with Gasteiger partial charge in [-0.1, -0.05) is 46.9 Å². The molecule has 1 nitrogen and oxygen atoms in total. The average molecular weight is 301 g/mol. The van der Waals surface area contributed by atoms with Gasteiger partial charge in [-0.15, -0.1) is 0 Å². The molecule has 0 saturated heterocycles. The molecule has 2 aromatic carbocycles. The summed E-state index contributed by atoms with van der Waals surface area (Å²) in [5, 5.41) is 5.27. The van der Waals surface area contributed by atoms with Crippen LogP contribution in [0.4, 0.5) is 5.69 Å². The number of aryl methyl sites for hydroxylation is 1. The molecule has 0 aliphatic carbocycles. The van der Waals surface area contributed by atoms with E-state index in [1.54, 1.807) is 18.2 Å². The Morgan fingerprint density at radius 3 is 2.44 bits per heavy atom. The number of hydrogen-bond acceptors (Lipinski definition) is 1. The lowest BCUT2D eigenvalue weighted by molar-refractivity contribution is 1.14. The van der Waals surface area contributed by atoms with Crippen LogP contribution in [0, 0.1) is 6.92 Å². The van der Waals surface area contributed by atoms with E-state index in [0.717, 1.165) is 21.8 Å². The van der Waals surface area contributed by atoms with Crippen molar-refractivity contribution in [1.29, 1.82) is 0 Å². The standard InChI is InChI=1S/C14H12Cl3N/c1-9-2-3-10(13(17)6-9)8-18-14-7-11(15)4-5-12(14)16/h2-7,18H,8H2,1H3. The molecule has 94 valence electrons. The van der Waals surface area contributed by atoms with Crippen LogP contribution in [-0.2, 0) is 6.54 Å². The molecule has 0 aliphatic heterocycles. The summed E-state index contributed by atoms with van der Waals surface area (Å²) in [5.74, 6) is 0. The summed E-state index contributed by atoms with van der Waals surface area (Å²) in [6.07, 6.45) is 0. The van der Waals surface area contributed by atoms with Gasteiger partial charge < -0.3 is 5.32 Å². The Bertz CT molecular complexity index is 567. The van der Waals surface area contributed by atoms with E-state index in [1.165, 1.54) is 0 Å². The van der Waals surface area contributed by atoms with Crippen LogP contribution in [0.5, 0.6) is 0 Å². The fraction of sp³-hybridized carbons (Fsp3) is 0.143. The SMILES string of the molecule is Cc1ccc(CNc2cc(Cl)ccc2Cl)c(Cl)c1. The third-order valence-corrected chi connectivity index (χ3v) is 3.52. The lowest BCUT2D eigenvalue weighted by Gasteiger charge is -2.10. The molecule has 4 heteroatoms. The molecule has 0 spiro atoms. The summed E-state index contributed by atoms with van der Waals surface area (Å²) in [7, 11) is 0. The highest BCUT2D eigenvalue weighted by Crippen LogP contribution is 2.26. The first-order valence-corrected chi connectivity index (χ1v) is 6.63. The first-order chi connectivity index (χ1) is 8.56. The van der Waals surface area contributed by atoms with Crippen LogP contribution < -0.4 is 5.32 Å². The van der Waals surface area contributed by atoms with Crippen molar-refractivity contribution in [2.24, 2.45) is 0 Å². The number of benzene rings is 2. The van der Waals surface area contributed by atoms with Crippen LogP contribution >= 0.6 is 34.8 Å². The maximum absolute atomic E-state index is 6.17. The van der Waals surface area contributed by atoms with Crippen LogP contribution in [0.3, 0.4) is 0 Å². The molecule has 0 saturated carbocycles. The van der Waals surface area contributed by atoms with E-state index < -0.39 is 0 Å². The van der Waals surface area contributed by atoms with Crippen LogP contribution in [-0.4, -0.2) is 0 Å². The number of hydrogen-bond donors (Lipinski definition) is 1. The van der Waals surface area contributed by atoms with E-state index in [2.05, 4.69) is 5.32 Å². The Morgan fingerprint density at radius 2 is 1.72 bits per heavy atom. The number of halogens is 3. The van der Waals surface area contributed by atoms with E-state index in [9.17, 15) is 0 Å². The Labute approximate surface area is 122 Å². The molecule has 0 atom stereocenters. The summed E-state index contributed by atoms with van der Waals surface area (Å²) in [6.45, 7) is 2.62. The van der Waals surface area contributed by atoms with Gasteiger partial charge >= 0.3 is 0 Å². The maximum atomic E-state index is 6.17. The van der Waals surface area contributed by atoms with Gasteiger partial charge in [-0.25, -0.2) is 0 Å². The molecular weight excluding hydrogens is 289 g/mol. The second-order valence-electron chi connectivity index (χ2n) is 4.07. The predicted octanol–water partition coefficient (Wildman–Crippen LogP) is 5.57. The quantitative estimate of drug-likeness (QED) is 0.781. The lowest BCUT2D eigenvalue weighted by atomic mass is 10.1. The van der Waals surface area contributed by atoms with Crippen molar-refractivity contribution in [2.75, 3.05) is 5.32 Å². The fourth-order valence-corrected chi connectivity index (χ4v) is 2.28. The Hall–Kier alpha value is -0.890. The molecule has 0 amide bonds. The summed E-state index contributed by atoms with van der Waals surface area (Å²) in [5.41, 5.74) is 2.98. The largest absolute Gasteiger partial charge is 0.380 e. The predicted molar refractivity (Wildman–Crippen MR) is 80.0 cm³/mol. The van der Waals surface area contributed by atoms with Crippen LogP contribution in [0.25, 0.3) is 0 Å². The van der Waals surface area contributed by atoms with Crippen LogP contribution in [0.15, 0.2) is 36.4 Å². The molecule has 0 aromatic heterocycles. The zero-order valence-corrected chi connectivity index (χ0v) is 12.1. The van der Waals surface area contributed by atoms with Gasteiger partial charge in [0.05, 0.1) is 10.7 Å². The van der Waals surface area contributed by atoms with E-state index in [-0.39, 0.29) is 0 Å². The minimum Gasteiger partial charge on any atom is -0.380 e. The molecule has 0 heterocycles. The molecule has 0 fully saturated rings. The van der Waals surface area contributed by atoms with Crippen molar-refractivity contribution < 1.29 is 0 Å². The lowest BCUT2D eigenvalue weighted by Crippen LogP contribution is -2.00. The summed E-state index contributed by atoms with van der Waals surface area (Å²) >= 11 is 18.2. The number of anilines is 1. The van der Waals surface area contributed by atoms with Crippen molar-refractivity contribution >= 4 is 40.5 Å².